The van der Waals surface area contributed by atoms with Crippen LogP contribution in [0.25, 0.3) is 0 Å². The second-order valence-electron chi connectivity index (χ2n) is 3.71. The summed E-state index contributed by atoms with van der Waals surface area (Å²) in [6.45, 7) is 0. The maximum atomic E-state index is 11.1. The number of aromatic carboxylic acids is 1. The summed E-state index contributed by atoms with van der Waals surface area (Å²) in [5.74, 6) is -0.889. The molecule has 2 aromatic rings. The zero-order valence-corrected chi connectivity index (χ0v) is 10.8. The van der Waals surface area contributed by atoms with E-state index >= 15 is 0 Å². The summed E-state index contributed by atoms with van der Waals surface area (Å²) in [4.78, 5) is 12.1. The van der Waals surface area contributed by atoms with Crippen molar-refractivity contribution in [2.75, 3.05) is 0 Å². The van der Waals surface area contributed by atoms with Gasteiger partial charge in [0.2, 0.25) is 0 Å². The van der Waals surface area contributed by atoms with Gasteiger partial charge in [-0.3, -0.25) is 0 Å². The van der Waals surface area contributed by atoms with Crippen LogP contribution in [-0.2, 0) is 13.5 Å². The average Bonchev–Trinajstić information content (AvgIpc) is 2.58. The summed E-state index contributed by atoms with van der Waals surface area (Å²) in [7, 11) is 1.89. The van der Waals surface area contributed by atoms with Gasteiger partial charge in [-0.25, -0.2) is 4.79 Å². The lowest BCUT2D eigenvalue weighted by atomic mass is 10.0. The average molecular weight is 265 g/mol. The summed E-state index contributed by atoms with van der Waals surface area (Å²) in [5, 5.41) is 9.08. The third kappa shape index (κ3) is 2.62. The van der Waals surface area contributed by atoms with Crippen molar-refractivity contribution in [1.82, 2.24) is 4.57 Å². The molecule has 0 saturated heterocycles. The molecule has 1 heterocycles. The van der Waals surface area contributed by atoms with E-state index in [0.29, 0.717) is 12.0 Å². The Balaban J connectivity index is 2.36. The van der Waals surface area contributed by atoms with Crippen LogP contribution in [-0.4, -0.2) is 15.6 Å². The van der Waals surface area contributed by atoms with E-state index in [1.807, 2.05) is 29.9 Å². The Hall–Kier alpha value is -1.46. The van der Waals surface area contributed by atoms with Crippen molar-refractivity contribution in [3.05, 3.63) is 50.4 Å². The molecule has 0 bridgehead atoms. The van der Waals surface area contributed by atoms with Gasteiger partial charge in [0.1, 0.15) is 0 Å². The highest BCUT2D eigenvalue weighted by atomic mass is 32.1. The standard InChI is InChI=1S/C12H11NO2S2/c1-13-7-9(17-12(13)16)6-8-4-2-3-5-10(8)11(14)15/h2-5,7H,6H2,1H3,(H,14,15). The maximum absolute atomic E-state index is 11.1. The van der Waals surface area contributed by atoms with Crippen LogP contribution in [0, 0.1) is 3.95 Å². The highest BCUT2D eigenvalue weighted by Crippen LogP contribution is 2.19. The highest BCUT2D eigenvalue weighted by molar-refractivity contribution is 7.73. The first-order chi connectivity index (χ1) is 8.08. The number of benzene rings is 1. The van der Waals surface area contributed by atoms with Crippen molar-refractivity contribution in [2.45, 2.75) is 6.42 Å². The molecule has 0 aliphatic carbocycles. The Morgan fingerprint density at radius 1 is 1.47 bits per heavy atom. The molecule has 17 heavy (non-hydrogen) atoms. The van der Waals surface area contributed by atoms with Gasteiger partial charge in [-0.15, -0.1) is 11.3 Å². The van der Waals surface area contributed by atoms with Crippen LogP contribution < -0.4 is 0 Å². The highest BCUT2D eigenvalue weighted by Gasteiger charge is 2.10. The van der Waals surface area contributed by atoms with Gasteiger partial charge in [-0.1, -0.05) is 18.2 Å². The van der Waals surface area contributed by atoms with Gasteiger partial charge in [-0.05, 0) is 23.8 Å². The Kier molecular flexibility index (Phi) is 3.40. The fourth-order valence-electron chi connectivity index (χ4n) is 1.63. The molecule has 0 amide bonds. The lowest BCUT2D eigenvalue weighted by Gasteiger charge is -2.03. The van der Waals surface area contributed by atoms with E-state index in [1.165, 1.54) is 11.3 Å². The molecule has 0 unspecified atom stereocenters. The molecule has 0 aliphatic heterocycles. The SMILES string of the molecule is Cn1cc(Cc2ccccc2C(=O)O)sc1=S. The molecule has 0 aliphatic rings. The molecule has 0 radical (unpaired) electrons. The number of hydrogen-bond donors (Lipinski definition) is 1. The molecular weight excluding hydrogens is 254 g/mol. The second kappa shape index (κ2) is 4.81. The van der Waals surface area contributed by atoms with Crippen LogP contribution in [0.1, 0.15) is 20.8 Å². The summed E-state index contributed by atoms with van der Waals surface area (Å²) >= 11 is 6.65. The zero-order chi connectivity index (χ0) is 12.4. The lowest BCUT2D eigenvalue weighted by Crippen LogP contribution is -2.02. The van der Waals surface area contributed by atoms with Gasteiger partial charge >= 0.3 is 5.97 Å². The molecule has 0 atom stereocenters. The van der Waals surface area contributed by atoms with Gasteiger partial charge in [0.05, 0.1) is 5.56 Å². The van der Waals surface area contributed by atoms with Gasteiger partial charge in [0, 0.05) is 24.5 Å². The summed E-state index contributed by atoms with van der Waals surface area (Å²) < 4.78 is 2.67. The number of rotatable bonds is 3. The van der Waals surface area contributed by atoms with E-state index in [2.05, 4.69) is 0 Å². The largest absolute Gasteiger partial charge is 0.478 e. The molecule has 2 rings (SSSR count). The van der Waals surface area contributed by atoms with Crippen LogP contribution in [0.2, 0.25) is 0 Å². The summed E-state index contributed by atoms with van der Waals surface area (Å²) in [6.07, 6.45) is 2.56. The molecule has 5 heteroatoms. The van der Waals surface area contributed by atoms with Crippen LogP contribution in [0.3, 0.4) is 0 Å². The zero-order valence-electron chi connectivity index (χ0n) is 9.21. The second-order valence-corrected chi connectivity index (χ2v) is 5.47. The first-order valence-corrected chi connectivity index (χ1v) is 6.27. The number of thiazole rings is 1. The molecule has 3 nitrogen and oxygen atoms in total. The third-order valence-corrected chi connectivity index (χ3v) is 3.97. The van der Waals surface area contributed by atoms with Crippen LogP contribution in [0.15, 0.2) is 30.5 Å². The van der Waals surface area contributed by atoms with Gasteiger partial charge in [0.25, 0.3) is 0 Å². The first kappa shape index (κ1) is 12.0. The van der Waals surface area contributed by atoms with Crippen LogP contribution >= 0.6 is 23.6 Å². The number of nitrogens with zero attached hydrogens (tertiary/aromatic N) is 1. The Labute approximate surface area is 108 Å². The number of carboxylic acid groups (broad SMARTS) is 1. The number of carboxylic acids is 1. The Morgan fingerprint density at radius 2 is 2.18 bits per heavy atom. The predicted molar refractivity (Wildman–Crippen MR) is 70.3 cm³/mol. The number of carbonyl (C=O) groups is 1. The normalized spacial score (nSPS) is 10.4. The van der Waals surface area contributed by atoms with Gasteiger partial charge in [-0.2, -0.15) is 0 Å². The minimum atomic E-state index is -0.889. The smallest absolute Gasteiger partial charge is 0.335 e. The van der Waals surface area contributed by atoms with Crippen molar-refractivity contribution in [3.8, 4) is 0 Å². The van der Waals surface area contributed by atoms with E-state index in [4.69, 9.17) is 17.3 Å². The van der Waals surface area contributed by atoms with Crippen LogP contribution in [0.4, 0.5) is 0 Å². The van der Waals surface area contributed by atoms with Gasteiger partial charge in [0.15, 0.2) is 3.95 Å². The van der Waals surface area contributed by atoms with E-state index in [-0.39, 0.29) is 0 Å². The Morgan fingerprint density at radius 3 is 2.76 bits per heavy atom. The van der Waals surface area contributed by atoms with Crippen molar-refractivity contribution in [3.63, 3.8) is 0 Å². The minimum absolute atomic E-state index is 0.356. The number of hydrogen-bond acceptors (Lipinski definition) is 3. The topological polar surface area (TPSA) is 42.2 Å². The fourth-order valence-corrected chi connectivity index (χ4v) is 2.87. The van der Waals surface area contributed by atoms with E-state index in [9.17, 15) is 4.79 Å². The Bertz CT molecular complexity index is 613. The maximum Gasteiger partial charge on any atom is 0.335 e. The van der Waals surface area contributed by atoms with Crippen molar-refractivity contribution in [1.29, 1.82) is 0 Å². The number of aromatic nitrogens is 1. The van der Waals surface area contributed by atoms with Crippen molar-refractivity contribution < 1.29 is 9.90 Å². The van der Waals surface area contributed by atoms with Gasteiger partial charge < -0.3 is 9.67 Å². The predicted octanol–water partition coefficient (Wildman–Crippen LogP) is 3.11. The van der Waals surface area contributed by atoms with E-state index in [0.717, 1.165) is 14.4 Å². The van der Waals surface area contributed by atoms with Crippen LogP contribution in [0.5, 0.6) is 0 Å². The number of aryl methyl sites for hydroxylation is 1. The van der Waals surface area contributed by atoms with E-state index in [1.54, 1.807) is 12.1 Å². The third-order valence-electron chi connectivity index (χ3n) is 2.46. The first-order valence-electron chi connectivity index (χ1n) is 5.04. The molecule has 0 fully saturated rings. The lowest BCUT2D eigenvalue weighted by molar-refractivity contribution is 0.0696. The minimum Gasteiger partial charge on any atom is -0.478 e. The molecule has 1 aromatic carbocycles. The molecule has 1 aromatic heterocycles. The summed E-state index contributed by atoms with van der Waals surface area (Å²) in [5.41, 5.74) is 1.17. The van der Waals surface area contributed by atoms with E-state index < -0.39 is 5.97 Å². The molecule has 1 N–H and O–H groups in total. The quantitative estimate of drug-likeness (QED) is 0.867. The van der Waals surface area contributed by atoms with Crippen molar-refractivity contribution >= 4 is 29.5 Å². The fraction of sp³-hybridized carbons (Fsp3) is 0.167. The monoisotopic (exact) mass is 265 g/mol. The molecule has 0 saturated carbocycles. The van der Waals surface area contributed by atoms with Crippen molar-refractivity contribution in [2.24, 2.45) is 7.05 Å². The molecule has 0 spiro atoms. The summed E-state index contributed by atoms with van der Waals surface area (Å²) in [6, 6.07) is 7.05. The molecular formula is C12H11NO2S2. The molecule has 88 valence electrons.